The van der Waals surface area contributed by atoms with Gasteiger partial charge in [0.2, 0.25) is 0 Å². The third-order valence-corrected chi connectivity index (χ3v) is 3.15. The molecule has 0 aliphatic carbocycles. The Hall–Kier alpha value is -1.65. The van der Waals surface area contributed by atoms with Gasteiger partial charge in [0.05, 0.1) is 19.6 Å². The van der Waals surface area contributed by atoms with Gasteiger partial charge in [0.1, 0.15) is 6.10 Å². The highest BCUT2D eigenvalue weighted by molar-refractivity contribution is 5.70. The molecular formula is C15H19NO3. The van der Waals surface area contributed by atoms with Gasteiger partial charge in [-0.1, -0.05) is 42.5 Å². The van der Waals surface area contributed by atoms with E-state index in [9.17, 15) is 4.79 Å². The predicted molar refractivity (Wildman–Crippen MR) is 72.2 cm³/mol. The standard InChI is InChI=1S/C15H19NO3/c1-18-15(17)9-5-8-13-10-11-14(19-16-13)12-6-3-2-4-7-12/h2-8,13-14,16H,9-11H2,1H3/b8-5+/t13-,14+/m1/s1. The number of hydroxylamine groups is 1. The minimum absolute atomic E-state index is 0.103. The second kappa shape index (κ2) is 7.07. The summed E-state index contributed by atoms with van der Waals surface area (Å²) in [6, 6.07) is 10.3. The highest BCUT2D eigenvalue weighted by atomic mass is 16.7. The number of rotatable bonds is 4. The first-order valence-electron chi connectivity index (χ1n) is 6.49. The predicted octanol–water partition coefficient (Wildman–Crippen LogP) is 2.53. The largest absolute Gasteiger partial charge is 0.469 e. The van der Waals surface area contributed by atoms with Gasteiger partial charge in [-0.15, -0.1) is 0 Å². The van der Waals surface area contributed by atoms with Crippen LogP contribution in [0.3, 0.4) is 0 Å². The maximum absolute atomic E-state index is 11.0. The molecule has 1 aliphatic rings. The Morgan fingerprint density at radius 2 is 2.21 bits per heavy atom. The molecular weight excluding hydrogens is 242 g/mol. The zero-order chi connectivity index (χ0) is 13.5. The molecule has 1 saturated heterocycles. The normalized spacial score (nSPS) is 23.4. The molecule has 1 aliphatic heterocycles. The average molecular weight is 261 g/mol. The number of hydrogen-bond donors (Lipinski definition) is 1. The number of hydrogen-bond acceptors (Lipinski definition) is 4. The molecule has 1 aromatic carbocycles. The maximum Gasteiger partial charge on any atom is 0.309 e. The lowest BCUT2D eigenvalue weighted by atomic mass is 10.0. The summed E-state index contributed by atoms with van der Waals surface area (Å²) in [5.41, 5.74) is 4.21. The van der Waals surface area contributed by atoms with Crippen LogP contribution >= 0.6 is 0 Å². The highest BCUT2D eigenvalue weighted by Gasteiger charge is 2.20. The van der Waals surface area contributed by atoms with Crippen LogP contribution in [-0.2, 0) is 14.4 Å². The number of nitrogens with one attached hydrogen (secondary N) is 1. The van der Waals surface area contributed by atoms with Gasteiger partial charge < -0.3 is 4.74 Å². The maximum atomic E-state index is 11.0. The van der Waals surface area contributed by atoms with E-state index in [0.29, 0.717) is 6.42 Å². The third kappa shape index (κ3) is 4.19. The minimum atomic E-state index is -0.227. The van der Waals surface area contributed by atoms with Crippen LogP contribution in [0.25, 0.3) is 0 Å². The number of carbonyl (C=O) groups excluding carboxylic acids is 1. The van der Waals surface area contributed by atoms with E-state index in [0.717, 1.165) is 12.8 Å². The Morgan fingerprint density at radius 1 is 1.42 bits per heavy atom. The SMILES string of the molecule is COC(=O)C/C=C/[C@@H]1CC[C@@H](c2ccccc2)ON1. The van der Waals surface area contributed by atoms with Crippen molar-refractivity contribution in [3.63, 3.8) is 0 Å². The number of esters is 1. The van der Waals surface area contributed by atoms with Crippen molar-refractivity contribution < 1.29 is 14.4 Å². The molecule has 0 radical (unpaired) electrons. The van der Waals surface area contributed by atoms with Crippen molar-refractivity contribution >= 4 is 5.97 Å². The second-order valence-corrected chi connectivity index (χ2v) is 4.53. The van der Waals surface area contributed by atoms with E-state index in [1.165, 1.54) is 12.7 Å². The van der Waals surface area contributed by atoms with Crippen molar-refractivity contribution in [1.29, 1.82) is 0 Å². The van der Waals surface area contributed by atoms with Crippen LogP contribution < -0.4 is 5.48 Å². The van der Waals surface area contributed by atoms with E-state index in [-0.39, 0.29) is 18.1 Å². The van der Waals surface area contributed by atoms with E-state index in [1.54, 1.807) is 0 Å². The summed E-state index contributed by atoms with van der Waals surface area (Å²) in [5.74, 6) is -0.227. The lowest BCUT2D eigenvalue weighted by Crippen LogP contribution is -2.34. The molecule has 1 N–H and O–H groups in total. The molecule has 4 heteroatoms. The van der Waals surface area contributed by atoms with Crippen molar-refractivity contribution in [2.75, 3.05) is 7.11 Å². The Labute approximate surface area is 113 Å². The van der Waals surface area contributed by atoms with E-state index in [2.05, 4.69) is 22.3 Å². The molecule has 2 rings (SSSR count). The first-order valence-corrected chi connectivity index (χ1v) is 6.49. The topological polar surface area (TPSA) is 47.6 Å². The first kappa shape index (κ1) is 13.8. The van der Waals surface area contributed by atoms with Gasteiger partial charge in [-0.25, -0.2) is 0 Å². The van der Waals surface area contributed by atoms with Gasteiger partial charge in [-0.2, -0.15) is 5.48 Å². The molecule has 2 atom stereocenters. The molecule has 1 fully saturated rings. The van der Waals surface area contributed by atoms with E-state index in [1.807, 2.05) is 30.4 Å². The van der Waals surface area contributed by atoms with Gasteiger partial charge in [0, 0.05) is 0 Å². The first-order chi connectivity index (χ1) is 9.29. The van der Waals surface area contributed by atoms with Crippen molar-refractivity contribution in [2.24, 2.45) is 0 Å². The van der Waals surface area contributed by atoms with Gasteiger partial charge in [0.25, 0.3) is 0 Å². The molecule has 102 valence electrons. The van der Waals surface area contributed by atoms with E-state index < -0.39 is 0 Å². The van der Waals surface area contributed by atoms with Crippen LogP contribution in [0, 0.1) is 0 Å². The summed E-state index contributed by atoms with van der Waals surface area (Å²) >= 11 is 0. The molecule has 19 heavy (non-hydrogen) atoms. The summed E-state index contributed by atoms with van der Waals surface area (Å²) in [4.78, 5) is 16.6. The van der Waals surface area contributed by atoms with Crippen LogP contribution in [0.1, 0.15) is 30.9 Å². The Bertz CT molecular complexity index is 422. The Morgan fingerprint density at radius 3 is 2.84 bits per heavy atom. The van der Waals surface area contributed by atoms with Crippen molar-refractivity contribution in [3.05, 3.63) is 48.0 Å². The fourth-order valence-electron chi connectivity index (χ4n) is 2.07. The zero-order valence-corrected chi connectivity index (χ0v) is 11.0. The van der Waals surface area contributed by atoms with Gasteiger partial charge >= 0.3 is 5.97 Å². The van der Waals surface area contributed by atoms with Crippen LogP contribution in [0.5, 0.6) is 0 Å². The molecule has 0 aromatic heterocycles. The number of benzene rings is 1. The quantitative estimate of drug-likeness (QED) is 0.668. The van der Waals surface area contributed by atoms with E-state index in [4.69, 9.17) is 4.84 Å². The number of ether oxygens (including phenoxy) is 1. The number of carbonyl (C=O) groups is 1. The van der Waals surface area contributed by atoms with Crippen LogP contribution in [0.2, 0.25) is 0 Å². The zero-order valence-electron chi connectivity index (χ0n) is 11.0. The minimum Gasteiger partial charge on any atom is -0.469 e. The molecule has 4 nitrogen and oxygen atoms in total. The molecule has 0 bridgehead atoms. The van der Waals surface area contributed by atoms with E-state index >= 15 is 0 Å². The molecule has 1 heterocycles. The third-order valence-electron chi connectivity index (χ3n) is 3.15. The highest BCUT2D eigenvalue weighted by Crippen LogP contribution is 2.26. The Kier molecular flexibility index (Phi) is 5.12. The summed E-state index contributed by atoms with van der Waals surface area (Å²) in [5, 5.41) is 0. The molecule has 0 spiro atoms. The molecule has 1 aromatic rings. The van der Waals surface area contributed by atoms with Crippen molar-refractivity contribution in [1.82, 2.24) is 5.48 Å². The van der Waals surface area contributed by atoms with Crippen molar-refractivity contribution in [3.8, 4) is 0 Å². The summed E-state index contributed by atoms with van der Waals surface area (Å²) in [6.45, 7) is 0. The molecule has 0 unspecified atom stereocenters. The molecule has 0 amide bonds. The number of methoxy groups -OCH3 is 1. The summed E-state index contributed by atoms with van der Waals surface area (Å²) in [7, 11) is 1.39. The average Bonchev–Trinajstić information content (AvgIpc) is 2.48. The lowest BCUT2D eigenvalue weighted by molar-refractivity contribution is -0.139. The van der Waals surface area contributed by atoms with Crippen molar-refractivity contribution in [2.45, 2.75) is 31.4 Å². The smallest absolute Gasteiger partial charge is 0.309 e. The Balaban J connectivity index is 1.78. The summed E-state index contributed by atoms with van der Waals surface area (Å²) in [6.07, 6.45) is 6.12. The fourth-order valence-corrected chi connectivity index (χ4v) is 2.07. The van der Waals surface area contributed by atoms with Crippen LogP contribution in [-0.4, -0.2) is 19.1 Å². The monoisotopic (exact) mass is 261 g/mol. The fraction of sp³-hybridized carbons (Fsp3) is 0.400. The van der Waals surface area contributed by atoms with Gasteiger partial charge in [-0.3, -0.25) is 9.63 Å². The molecule has 0 saturated carbocycles. The van der Waals surface area contributed by atoms with Crippen LogP contribution in [0.15, 0.2) is 42.5 Å². The second-order valence-electron chi connectivity index (χ2n) is 4.53. The van der Waals surface area contributed by atoms with Gasteiger partial charge in [-0.05, 0) is 18.4 Å². The van der Waals surface area contributed by atoms with Gasteiger partial charge in [0.15, 0.2) is 0 Å². The summed E-state index contributed by atoms with van der Waals surface area (Å²) < 4.78 is 4.57. The van der Waals surface area contributed by atoms with Crippen LogP contribution in [0.4, 0.5) is 0 Å². The lowest BCUT2D eigenvalue weighted by Gasteiger charge is -2.28.